The second-order valence-electron chi connectivity index (χ2n) is 3.23. The van der Waals surface area contributed by atoms with E-state index in [1.165, 1.54) is 0 Å². The fraction of sp³-hybridized carbons (Fsp3) is 0.857. The van der Waals surface area contributed by atoms with Crippen molar-refractivity contribution in [2.24, 2.45) is 5.92 Å². The van der Waals surface area contributed by atoms with Crippen molar-refractivity contribution < 1.29 is 23.4 Å². The molecular weight excluding hydrogens is 170 g/mol. The number of hydrogen-bond donors (Lipinski definition) is 1. The molecular formula is C7H8F2O3. The van der Waals surface area contributed by atoms with E-state index in [9.17, 15) is 13.6 Å². The number of alkyl halides is 2. The third-order valence-corrected chi connectivity index (χ3v) is 2.53. The summed E-state index contributed by atoms with van der Waals surface area (Å²) in [4.78, 5) is 10.4. The average Bonchev–Trinajstić information content (AvgIpc) is 2.41. The van der Waals surface area contributed by atoms with Crippen LogP contribution >= 0.6 is 0 Å². The van der Waals surface area contributed by atoms with Gasteiger partial charge in [0.1, 0.15) is 12.0 Å². The Morgan fingerprint density at radius 3 is 2.50 bits per heavy atom. The van der Waals surface area contributed by atoms with Crippen LogP contribution in [0.1, 0.15) is 12.8 Å². The van der Waals surface area contributed by atoms with Gasteiger partial charge in [-0.3, -0.25) is 4.79 Å². The largest absolute Gasteiger partial charge is 0.481 e. The molecule has 5 heteroatoms. The highest BCUT2D eigenvalue weighted by molar-refractivity contribution is 5.73. The molecule has 0 aromatic rings. The van der Waals surface area contributed by atoms with E-state index < -0.39 is 30.0 Å². The molecule has 0 aromatic carbocycles. The molecule has 0 unspecified atom stereocenters. The van der Waals surface area contributed by atoms with Gasteiger partial charge in [-0.05, 0) is 12.8 Å². The summed E-state index contributed by atoms with van der Waals surface area (Å²) in [5.74, 6) is -6.25. The Bertz CT molecular complexity index is 229. The minimum Gasteiger partial charge on any atom is -0.481 e. The van der Waals surface area contributed by atoms with Crippen LogP contribution in [0.5, 0.6) is 0 Å². The molecule has 12 heavy (non-hydrogen) atoms. The van der Waals surface area contributed by atoms with Crippen molar-refractivity contribution in [2.45, 2.75) is 31.0 Å². The molecule has 3 atom stereocenters. The predicted octanol–water partition coefficient (Wildman–Crippen LogP) is 0.884. The maximum Gasteiger partial charge on any atom is 0.315 e. The summed E-state index contributed by atoms with van der Waals surface area (Å²) in [5.41, 5.74) is 0. The molecule has 0 amide bonds. The molecule has 2 aliphatic rings. The number of halogens is 2. The molecule has 0 aliphatic carbocycles. The third-order valence-electron chi connectivity index (χ3n) is 2.53. The summed E-state index contributed by atoms with van der Waals surface area (Å²) in [6.45, 7) is 0. The van der Waals surface area contributed by atoms with Gasteiger partial charge in [-0.2, -0.15) is 0 Å². The Hall–Kier alpha value is -0.710. The summed E-state index contributed by atoms with van der Waals surface area (Å²) >= 11 is 0. The fourth-order valence-corrected chi connectivity index (χ4v) is 1.96. The van der Waals surface area contributed by atoms with Crippen LogP contribution in [0, 0.1) is 5.92 Å². The molecule has 0 aromatic heterocycles. The lowest BCUT2D eigenvalue weighted by atomic mass is 9.86. The maximum atomic E-state index is 13.0. The Labute approximate surface area is 67.3 Å². The zero-order valence-electron chi connectivity index (χ0n) is 6.17. The van der Waals surface area contributed by atoms with Gasteiger partial charge in [0.2, 0.25) is 0 Å². The Balaban J connectivity index is 2.29. The minimum atomic E-state index is -3.17. The highest BCUT2D eigenvalue weighted by atomic mass is 19.3. The average molecular weight is 178 g/mol. The van der Waals surface area contributed by atoms with E-state index in [4.69, 9.17) is 9.84 Å². The van der Waals surface area contributed by atoms with Crippen LogP contribution in [0.2, 0.25) is 0 Å². The monoisotopic (exact) mass is 178 g/mol. The Kier molecular flexibility index (Phi) is 1.42. The summed E-state index contributed by atoms with van der Waals surface area (Å²) in [5, 5.41) is 8.51. The van der Waals surface area contributed by atoms with Gasteiger partial charge in [0.25, 0.3) is 5.92 Å². The van der Waals surface area contributed by atoms with E-state index in [2.05, 4.69) is 0 Å². The van der Waals surface area contributed by atoms with E-state index in [1.54, 1.807) is 0 Å². The molecule has 2 rings (SSSR count). The van der Waals surface area contributed by atoms with Crippen LogP contribution in [-0.2, 0) is 9.53 Å². The lowest BCUT2D eigenvalue weighted by Gasteiger charge is -2.23. The zero-order valence-corrected chi connectivity index (χ0v) is 6.17. The predicted molar refractivity (Wildman–Crippen MR) is 34.0 cm³/mol. The summed E-state index contributed by atoms with van der Waals surface area (Å²) in [6.07, 6.45) is -1.22. The number of carboxylic acids is 1. The Morgan fingerprint density at radius 1 is 1.50 bits per heavy atom. The normalized spacial score (nSPS) is 43.3. The summed E-state index contributed by atoms with van der Waals surface area (Å²) in [6, 6.07) is 0. The van der Waals surface area contributed by atoms with E-state index in [-0.39, 0.29) is 6.42 Å². The van der Waals surface area contributed by atoms with Crippen molar-refractivity contribution in [3.63, 3.8) is 0 Å². The lowest BCUT2D eigenvalue weighted by Crippen LogP contribution is -2.43. The van der Waals surface area contributed by atoms with Crippen LogP contribution in [0.3, 0.4) is 0 Å². The van der Waals surface area contributed by atoms with E-state index in [0.717, 1.165) is 0 Å². The number of carbonyl (C=O) groups is 1. The number of fused-ring (bicyclic) bond motifs is 2. The van der Waals surface area contributed by atoms with Crippen LogP contribution in [0.25, 0.3) is 0 Å². The third kappa shape index (κ3) is 0.798. The summed E-state index contributed by atoms with van der Waals surface area (Å²) < 4.78 is 30.9. The number of hydrogen-bond acceptors (Lipinski definition) is 2. The number of aliphatic carboxylic acids is 1. The highest BCUT2D eigenvalue weighted by Gasteiger charge is 2.65. The molecule has 0 saturated carbocycles. The molecule has 1 N–H and O–H groups in total. The van der Waals surface area contributed by atoms with E-state index in [0.29, 0.717) is 6.42 Å². The molecule has 3 nitrogen and oxygen atoms in total. The SMILES string of the molecule is O=C(O)[C@H]1[C@H]2CC[C@H](O2)C1(F)F. The van der Waals surface area contributed by atoms with Gasteiger partial charge in [0.05, 0.1) is 6.10 Å². The van der Waals surface area contributed by atoms with Crippen LogP contribution < -0.4 is 0 Å². The first-order valence-electron chi connectivity index (χ1n) is 3.79. The van der Waals surface area contributed by atoms with Gasteiger partial charge < -0.3 is 9.84 Å². The quantitative estimate of drug-likeness (QED) is 0.648. The first-order chi connectivity index (χ1) is 5.53. The minimum absolute atomic E-state index is 0.279. The van der Waals surface area contributed by atoms with Gasteiger partial charge >= 0.3 is 5.97 Å². The van der Waals surface area contributed by atoms with E-state index >= 15 is 0 Å². The van der Waals surface area contributed by atoms with Crippen molar-refractivity contribution in [1.82, 2.24) is 0 Å². The van der Waals surface area contributed by atoms with Crippen LogP contribution in [0.15, 0.2) is 0 Å². The van der Waals surface area contributed by atoms with Gasteiger partial charge in [-0.25, -0.2) is 8.78 Å². The molecule has 0 radical (unpaired) electrons. The molecule has 2 saturated heterocycles. The van der Waals surface area contributed by atoms with Crippen LogP contribution in [0.4, 0.5) is 8.78 Å². The second kappa shape index (κ2) is 2.16. The van der Waals surface area contributed by atoms with Crippen molar-refractivity contribution in [3.05, 3.63) is 0 Å². The van der Waals surface area contributed by atoms with Crippen molar-refractivity contribution in [2.75, 3.05) is 0 Å². The van der Waals surface area contributed by atoms with Crippen molar-refractivity contribution in [1.29, 1.82) is 0 Å². The van der Waals surface area contributed by atoms with Gasteiger partial charge in [-0.15, -0.1) is 0 Å². The second-order valence-corrected chi connectivity index (χ2v) is 3.23. The smallest absolute Gasteiger partial charge is 0.315 e. The first-order valence-corrected chi connectivity index (χ1v) is 3.79. The Morgan fingerprint density at radius 2 is 2.17 bits per heavy atom. The first kappa shape index (κ1) is 7.91. The maximum absolute atomic E-state index is 13.0. The summed E-state index contributed by atoms with van der Waals surface area (Å²) in [7, 11) is 0. The molecule has 2 aliphatic heterocycles. The number of rotatable bonds is 1. The lowest BCUT2D eigenvalue weighted by molar-refractivity contribution is -0.157. The van der Waals surface area contributed by atoms with Gasteiger partial charge in [0, 0.05) is 0 Å². The molecule has 2 bridgehead atoms. The van der Waals surface area contributed by atoms with Crippen molar-refractivity contribution in [3.8, 4) is 0 Å². The fourth-order valence-electron chi connectivity index (χ4n) is 1.96. The molecule has 2 fully saturated rings. The molecule has 0 spiro atoms. The van der Waals surface area contributed by atoms with Crippen molar-refractivity contribution >= 4 is 5.97 Å². The highest BCUT2D eigenvalue weighted by Crippen LogP contribution is 2.49. The van der Waals surface area contributed by atoms with Gasteiger partial charge in [0.15, 0.2) is 0 Å². The molecule has 68 valence electrons. The van der Waals surface area contributed by atoms with E-state index in [1.807, 2.05) is 0 Å². The molecule has 2 heterocycles. The van der Waals surface area contributed by atoms with Crippen LogP contribution in [-0.4, -0.2) is 29.2 Å². The number of carboxylic acid groups (broad SMARTS) is 1. The standard InChI is InChI=1S/C7H8F2O3/c8-7(9)4-2-1-3(12-4)5(7)6(10)11/h3-5H,1-2H2,(H,10,11)/t3-,4+,5-/m1/s1. The topological polar surface area (TPSA) is 46.5 Å². The number of ether oxygens (including phenoxy) is 1. The zero-order chi connectivity index (χ0) is 8.93. The van der Waals surface area contributed by atoms with Gasteiger partial charge in [-0.1, -0.05) is 0 Å².